The third kappa shape index (κ3) is 6.22. The fourth-order valence-corrected chi connectivity index (χ4v) is 4.96. The van der Waals surface area contributed by atoms with Gasteiger partial charge in [-0.1, -0.05) is 34.7 Å². The number of anilines is 1. The summed E-state index contributed by atoms with van der Waals surface area (Å²) in [5.41, 5.74) is 0.945. The number of nitrogens with zero attached hydrogens (tertiary/aromatic N) is 3. The molecule has 1 aliphatic rings. The highest BCUT2D eigenvalue weighted by atomic mass is 35.5. The lowest BCUT2D eigenvalue weighted by Crippen LogP contribution is -2.27. The maximum Gasteiger partial charge on any atom is 0.233 e. The molecule has 0 aliphatic carbocycles. The number of furan rings is 1. The zero-order valence-electron chi connectivity index (χ0n) is 17.0. The van der Waals surface area contributed by atoms with E-state index in [9.17, 15) is 4.79 Å². The molecule has 1 amide bonds. The summed E-state index contributed by atoms with van der Waals surface area (Å²) in [6.45, 7) is 1.97. The molecular formula is C21H23ClN4O3S2. The average Bonchev–Trinajstić information content (AvgIpc) is 3.53. The van der Waals surface area contributed by atoms with Crippen molar-refractivity contribution in [3.63, 3.8) is 0 Å². The van der Waals surface area contributed by atoms with Gasteiger partial charge in [-0.25, -0.2) is 0 Å². The first-order valence-corrected chi connectivity index (χ1v) is 12.2. The molecule has 7 nitrogen and oxygen atoms in total. The van der Waals surface area contributed by atoms with Crippen molar-refractivity contribution >= 4 is 45.7 Å². The summed E-state index contributed by atoms with van der Waals surface area (Å²) in [5, 5.41) is 13.0. The van der Waals surface area contributed by atoms with Crippen LogP contribution in [0.2, 0.25) is 5.02 Å². The first kappa shape index (κ1) is 22.1. The smallest absolute Gasteiger partial charge is 0.233 e. The van der Waals surface area contributed by atoms with E-state index in [-0.39, 0.29) is 12.0 Å². The van der Waals surface area contributed by atoms with Gasteiger partial charge < -0.3 is 19.4 Å². The van der Waals surface area contributed by atoms with Crippen LogP contribution < -0.4 is 5.32 Å². The van der Waals surface area contributed by atoms with E-state index in [2.05, 4.69) is 15.5 Å². The predicted molar refractivity (Wildman–Crippen MR) is 124 cm³/mol. The highest BCUT2D eigenvalue weighted by molar-refractivity contribution is 8.01. The van der Waals surface area contributed by atoms with Crippen molar-refractivity contribution in [1.82, 2.24) is 15.1 Å². The van der Waals surface area contributed by atoms with Crippen LogP contribution in [0.15, 0.2) is 45.2 Å². The van der Waals surface area contributed by atoms with Crippen molar-refractivity contribution in [3.8, 4) is 11.3 Å². The summed E-state index contributed by atoms with van der Waals surface area (Å²) >= 11 is 8.77. The molecule has 4 rings (SSSR count). The van der Waals surface area contributed by atoms with Crippen molar-refractivity contribution in [2.45, 2.75) is 29.8 Å². The Morgan fingerprint density at radius 3 is 2.90 bits per heavy atom. The Balaban J connectivity index is 1.23. The van der Waals surface area contributed by atoms with E-state index >= 15 is 0 Å². The summed E-state index contributed by atoms with van der Waals surface area (Å²) in [5.74, 6) is 1.77. The fraction of sp³-hybridized carbons (Fsp3) is 0.381. The number of ether oxygens (including phenoxy) is 1. The molecule has 3 aromatic rings. The van der Waals surface area contributed by atoms with Crippen LogP contribution in [0.3, 0.4) is 0 Å². The van der Waals surface area contributed by atoms with Crippen LogP contribution in [0.1, 0.15) is 18.6 Å². The van der Waals surface area contributed by atoms with Gasteiger partial charge in [0.25, 0.3) is 0 Å². The van der Waals surface area contributed by atoms with E-state index in [1.807, 2.05) is 36.4 Å². The van der Waals surface area contributed by atoms with Crippen molar-refractivity contribution in [1.29, 1.82) is 0 Å². The summed E-state index contributed by atoms with van der Waals surface area (Å²) in [6, 6.07) is 11.2. The first-order valence-electron chi connectivity index (χ1n) is 9.97. The molecule has 1 fully saturated rings. The number of carbonyl (C=O) groups is 1. The number of hydrogen-bond acceptors (Lipinski definition) is 8. The summed E-state index contributed by atoms with van der Waals surface area (Å²) in [4.78, 5) is 14.2. The Morgan fingerprint density at radius 1 is 1.29 bits per heavy atom. The van der Waals surface area contributed by atoms with Gasteiger partial charge in [-0.15, -0.1) is 10.2 Å². The normalized spacial score (nSPS) is 15.9. The Labute approximate surface area is 194 Å². The van der Waals surface area contributed by atoms with Crippen LogP contribution in [0, 0.1) is 0 Å². The molecule has 1 saturated heterocycles. The lowest BCUT2D eigenvalue weighted by molar-refractivity contribution is -0.127. The number of hydrogen-bond donors (Lipinski definition) is 1. The van der Waals surface area contributed by atoms with Gasteiger partial charge in [0.2, 0.25) is 11.0 Å². The number of benzene rings is 1. The third-order valence-corrected chi connectivity index (χ3v) is 7.09. The number of thioether (sulfide) groups is 1. The molecule has 1 atom stereocenters. The molecule has 1 aromatic carbocycles. The maximum absolute atomic E-state index is 12.5. The molecule has 10 heteroatoms. The SMILES string of the molecule is CN(Cc1ccc(-c2ccc(Cl)cc2)o1)C(=O)CSc1nnc(NC[C@@H]2CCCO2)s1. The Bertz CT molecular complexity index is 1000. The van der Waals surface area contributed by atoms with Gasteiger partial charge in [0, 0.05) is 30.8 Å². The third-order valence-electron chi connectivity index (χ3n) is 4.84. The zero-order valence-corrected chi connectivity index (χ0v) is 19.4. The van der Waals surface area contributed by atoms with E-state index in [1.54, 1.807) is 11.9 Å². The van der Waals surface area contributed by atoms with Crippen LogP contribution in [0.4, 0.5) is 5.13 Å². The van der Waals surface area contributed by atoms with Crippen molar-refractivity contribution < 1.29 is 13.9 Å². The Kier molecular flexibility index (Phi) is 7.49. The van der Waals surface area contributed by atoms with Gasteiger partial charge in [-0.2, -0.15) is 0 Å². The van der Waals surface area contributed by atoms with Gasteiger partial charge in [0.1, 0.15) is 11.5 Å². The predicted octanol–water partition coefficient (Wildman–Crippen LogP) is 4.79. The number of amides is 1. The molecule has 0 radical (unpaired) electrons. The number of rotatable bonds is 9. The molecule has 0 unspecified atom stereocenters. The zero-order chi connectivity index (χ0) is 21.6. The van der Waals surface area contributed by atoms with Gasteiger partial charge >= 0.3 is 0 Å². The molecule has 31 heavy (non-hydrogen) atoms. The van der Waals surface area contributed by atoms with Crippen LogP contribution in [-0.4, -0.2) is 53.1 Å². The molecule has 2 aromatic heterocycles. The van der Waals surface area contributed by atoms with Crippen LogP contribution in [0.25, 0.3) is 11.3 Å². The molecule has 1 N–H and O–H groups in total. The molecule has 3 heterocycles. The number of aromatic nitrogens is 2. The van der Waals surface area contributed by atoms with E-state index in [1.165, 1.54) is 23.1 Å². The average molecular weight is 479 g/mol. The highest BCUT2D eigenvalue weighted by Crippen LogP contribution is 2.27. The molecular weight excluding hydrogens is 456 g/mol. The second-order valence-electron chi connectivity index (χ2n) is 7.20. The maximum atomic E-state index is 12.5. The number of halogens is 1. The van der Waals surface area contributed by atoms with Crippen molar-refractivity contribution in [2.75, 3.05) is 31.3 Å². The minimum absolute atomic E-state index is 0.00138. The monoisotopic (exact) mass is 478 g/mol. The van der Waals surface area contributed by atoms with Gasteiger partial charge in [-0.05, 0) is 49.2 Å². The van der Waals surface area contributed by atoms with Gasteiger partial charge in [-0.3, -0.25) is 4.79 Å². The number of nitrogens with one attached hydrogen (secondary N) is 1. The largest absolute Gasteiger partial charge is 0.459 e. The van der Waals surface area contributed by atoms with E-state index < -0.39 is 0 Å². The summed E-state index contributed by atoms with van der Waals surface area (Å²) in [6.07, 6.45) is 2.43. The van der Waals surface area contributed by atoms with Crippen molar-refractivity contribution in [2.24, 2.45) is 0 Å². The topological polar surface area (TPSA) is 80.5 Å². The first-order chi connectivity index (χ1) is 15.1. The van der Waals surface area contributed by atoms with Crippen LogP contribution >= 0.6 is 34.7 Å². The fourth-order valence-electron chi connectivity index (χ4n) is 3.13. The summed E-state index contributed by atoms with van der Waals surface area (Å²) in [7, 11) is 1.77. The second-order valence-corrected chi connectivity index (χ2v) is 9.84. The molecule has 164 valence electrons. The van der Waals surface area contributed by atoms with Gasteiger partial charge in [0.05, 0.1) is 18.4 Å². The van der Waals surface area contributed by atoms with Crippen LogP contribution in [0.5, 0.6) is 0 Å². The second kappa shape index (κ2) is 10.5. The number of carbonyl (C=O) groups excluding carboxylic acids is 1. The molecule has 0 saturated carbocycles. The minimum Gasteiger partial charge on any atom is -0.459 e. The Hall–Kier alpha value is -2.07. The molecule has 0 spiro atoms. The standard InChI is InChI=1S/C21H23ClN4O3S2/c1-26(12-17-8-9-18(29-17)14-4-6-15(22)7-5-14)19(27)13-30-21-25-24-20(31-21)23-11-16-3-2-10-28-16/h4-9,16H,2-3,10-13H2,1H3,(H,23,24)/t16-/m0/s1. The minimum atomic E-state index is -0.00138. The van der Waals surface area contributed by atoms with Gasteiger partial charge in [0.15, 0.2) is 4.34 Å². The van der Waals surface area contributed by atoms with Crippen molar-refractivity contribution in [3.05, 3.63) is 47.2 Å². The lowest BCUT2D eigenvalue weighted by atomic mass is 10.2. The molecule has 0 bridgehead atoms. The highest BCUT2D eigenvalue weighted by Gasteiger charge is 2.17. The molecule has 1 aliphatic heterocycles. The van der Waals surface area contributed by atoms with E-state index in [0.717, 1.165) is 52.5 Å². The van der Waals surface area contributed by atoms with Crippen LogP contribution in [-0.2, 0) is 16.1 Å². The summed E-state index contributed by atoms with van der Waals surface area (Å²) < 4.78 is 12.2. The van der Waals surface area contributed by atoms with E-state index in [4.69, 9.17) is 20.8 Å². The quantitative estimate of drug-likeness (QED) is 0.442. The lowest BCUT2D eigenvalue weighted by Gasteiger charge is -2.14. The van der Waals surface area contributed by atoms with E-state index in [0.29, 0.717) is 17.3 Å². The Morgan fingerprint density at radius 2 is 2.13 bits per heavy atom.